The van der Waals surface area contributed by atoms with E-state index in [1.54, 1.807) is 24.3 Å². The molecule has 92 valence electrons. The Balaban J connectivity index is 2.09. The van der Waals surface area contributed by atoms with Crippen molar-refractivity contribution in [3.05, 3.63) is 53.4 Å². The molecule has 0 spiro atoms. The van der Waals surface area contributed by atoms with Gasteiger partial charge >= 0.3 is 5.97 Å². The van der Waals surface area contributed by atoms with Crippen LogP contribution in [0.4, 0.5) is 0 Å². The smallest absolute Gasteiger partial charge is 0.330 e. The van der Waals surface area contributed by atoms with Crippen molar-refractivity contribution in [1.82, 2.24) is 0 Å². The number of esters is 1. The lowest BCUT2D eigenvalue weighted by molar-refractivity contribution is -0.137. The van der Waals surface area contributed by atoms with Gasteiger partial charge in [0.25, 0.3) is 0 Å². The predicted octanol–water partition coefficient (Wildman–Crippen LogP) is 3.99. The SMILES string of the molecule is CCOC(=O)/C=C/c1ccc(-c2ccccc2)s1. The third-order valence-corrected chi connectivity index (χ3v) is 3.45. The first kappa shape index (κ1) is 12.6. The summed E-state index contributed by atoms with van der Waals surface area (Å²) in [4.78, 5) is 13.4. The predicted molar refractivity (Wildman–Crippen MR) is 75.4 cm³/mol. The zero-order valence-corrected chi connectivity index (χ0v) is 10.9. The van der Waals surface area contributed by atoms with Crippen LogP contribution in [0.3, 0.4) is 0 Å². The van der Waals surface area contributed by atoms with Gasteiger partial charge in [-0.1, -0.05) is 30.3 Å². The molecule has 0 atom stereocenters. The molecule has 0 amide bonds. The van der Waals surface area contributed by atoms with E-state index in [9.17, 15) is 4.79 Å². The van der Waals surface area contributed by atoms with Gasteiger partial charge in [0.2, 0.25) is 0 Å². The number of ether oxygens (including phenoxy) is 1. The normalized spacial score (nSPS) is 10.7. The van der Waals surface area contributed by atoms with Crippen molar-refractivity contribution in [2.45, 2.75) is 6.92 Å². The third kappa shape index (κ3) is 3.31. The summed E-state index contributed by atoms with van der Waals surface area (Å²) in [7, 11) is 0. The molecule has 1 heterocycles. The van der Waals surface area contributed by atoms with Gasteiger partial charge in [0.05, 0.1) is 6.61 Å². The van der Waals surface area contributed by atoms with E-state index in [4.69, 9.17) is 4.74 Å². The highest BCUT2D eigenvalue weighted by Crippen LogP contribution is 2.28. The topological polar surface area (TPSA) is 26.3 Å². The van der Waals surface area contributed by atoms with Gasteiger partial charge in [-0.05, 0) is 30.7 Å². The zero-order valence-electron chi connectivity index (χ0n) is 10.1. The average Bonchev–Trinajstić information content (AvgIpc) is 2.87. The Labute approximate surface area is 111 Å². The van der Waals surface area contributed by atoms with Crippen LogP contribution in [0.1, 0.15) is 11.8 Å². The molecule has 1 aromatic heterocycles. The van der Waals surface area contributed by atoms with Gasteiger partial charge in [-0.15, -0.1) is 11.3 Å². The third-order valence-electron chi connectivity index (χ3n) is 2.36. The molecule has 0 aliphatic heterocycles. The number of thiophene rings is 1. The summed E-state index contributed by atoms with van der Waals surface area (Å²) in [6, 6.07) is 14.2. The lowest BCUT2D eigenvalue weighted by atomic mass is 10.2. The highest BCUT2D eigenvalue weighted by Gasteiger charge is 2.01. The summed E-state index contributed by atoms with van der Waals surface area (Å²) < 4.78 is 4.83. The quantitative estimate of drug-likeness (QED) is 0.612. The van der Waals surface area contributed by atoms with Crippen molar-refractivity contribution in [2.24, 2.45) is 0 Å². The summed E-state index contributed by atoms with van der Waals surface area (Å²) in [5.41, 5.74) is 1.19. The van der Waals surface area contributed by atoms with Gasteiger partial charge in [0.15, 0.2) is 0 Å². The van der Waals surface area contributed by atoms with Crippen LogP contribution in [0.2, 0.25) is 0 Å². The van der Waals surface area contributed by atoms with Crippen molar-refractivity contribution in [3.63, 3.8) is 0 Å². The second kappa shape index (κ2) is 6.17. The minimum Gasteiger partial charge on any atom is -0.463 e. The van der Waals surface area contributed by atoms with Crippen LogP contribution >= 0.6 is 11.3 Å². The van der Waals surface area contributed by atoms with Gasteiger partial charge in [-0.25, -0.2) is 4.79 Å². The van der Waals surface area contributed by atoms with E-state index in [2.05, 4.69) is 18.2 Å². The highest BCUT2D eigenvalue weighted by molar-refractivity contribution is 7.16. The van der Waals surface area contributed by atoms with E-state index in [1.165, 1.54) is 16.5 Å². The van der Waals surface area contributed by atoms with Gasteiger partial charge in [-0.2, -0.15) is 0 Å². The first-order valence-electron chi connectivity index (χ1n) is 5.79. The van der Waals surface area contributed by atoms with E-state index in [1.807, 2.05) is 24.3 Å². The van der Waals surface area contributed by atoms with Crippen LogP contribution in [0.5, 0.6) is 0 Å². The van der Waals surface area contributed by atoms with E-state index < -0.39 is 0 Å². The number of hydrogen-bond donors (Lipinski definition) is 0. The van der Waals surface area contributed by atoms with Gasteiger partial charge < -0.3 is 4.74 Å². The average molecular weight is 258 g/mol. The first-order chi connectivity index (χ1) is 8.79. The number of hydrogen-bond acceptors (Lipinski definition) is 3. The summed E-state index contributed by atoms with van der Waals surface area (Å²) in [5.74, 6) is -0.299. The second-order valence-electron chi connectivity index (χ2n) is 3.65. The van der Waals surface area contributed by atoms with Crippen LogP contribution in [0.25, 0.3) is 16.5 Å². The maximum atomic E-state index is 11.2. The molecule has 2 rings (SSSR count). The van der Waals surface area contributed by atoms with Gasteiger partial charge in [0.1, 0.15) is 0 Å². The van der Waals surface area contributed by atoms with Crippen molar-refractivity contribution < 1.29 is 9.53 Å². The standard InChI is InChI=1S/C15H14O2S/c1-2-17-15(16)11-9-13-8-10-14(18-13)12-6-4-3-5-7-12/h3-11H,2H2,1H3/b11-9+. The highest BCUT2D eigenvalue weighted by atomic mass is 32.1. The molecule has 0 aliphatic carbocycles. The fourth-order valence-electron chi connectivity index (χ4n) is 1.54. The van der Waals surface area contributed by atoms with Crippen molar-refractivity contribution in [3.8, 4) is 10.4 Å². The summed E-state index contributed by atoms with van der Waals surface area (Å²) in [5, 5.41) is 0. The molecule has 2 nitrogen and oxygen atoms in total. The summed E-state index contributed by atoms with van der Waals surface area (Å²) in [6.45, 7) is 2.20. The maximum Gasteiger partial charge on any atom is 0.330 e. The number of benzene rings is 1. The lowest BCUT2D eigenvalue weighted by Gasteiger charge is -1.94. The molecule has 1 aromatic carbocycles. The Hall–Kier alpha value is -1.87. The molecule has 3 heteroatoms. The molecule has 0 fully saturated rings. The van der Waals surface area contributed by atoms with Gasteiger partial charge in [-0.3, -0.25) is 0 Å². The van der Waals surface area contributed by atoms with E-state index in [-0.39, 0.29) is 5.97 Å². The minimum absolute atomic E-state index is 0.299. The number of carbonyl (C=O) groups excluding carboxylic acids is 1. The maximum absolute atomic E-state index is 11.2. The Morgan fingerprint density at radius 2 is 2.00 bits per heavy atom. The number of carbonyl (C=O) groups is 1. The molecular weight excluding hydrogens is 244 g/mol. The van der Waals surface area contributed by atoms with E-state index in [0.717, 1.165) is 4.88 Å². The Bertz CT molecular complexity index is 541. The van der Waals surface area contributed by atoms with Crippen LogP contribution in [-0.2, 0) is 9.53 Å². The fourth-order valence-corrected chi connectivity index (χ4v) is 2.46. The van der Waals surface area contributed by atoms with E-state index in [0.29, 0.717) is 6.61 Å². The fraction of sp³-hybridized carbons (Fsp3) is 0.133. The van der Waals surface area contributed by atoms with Gasteiger partial charge in [0, 0.05) is 15.8 Å². The van der Waals surface area contributed by atoms with Crippen LogP contribution in [0.15, 0.2) is 48.5 Å². The zero-order chi connectivity index (χ0) is 12.8. The lowest BCUT2D eigenvalue weighted by Crippen LogP contribution is -1.98. The second-order valence-corrected chi connectivity index (χ2v) is 4.77. The van der Waals surface area contributed by atoms with Crippen LogP contribution in [0, 0.1) is 0 Å². The largest absolute Gasteiger partial charge is 0.463 e. The van der Waals surface area contributed by atoms with Crippen molar-refractivity contribution in [2.75, 3.05) is 6.61 Å². The molecule has 0 aliphatic rings. The van der Waals surface area contributed by atoms with E-state index >= 15 is 0 Å². The molecule has 0 radical (unpaired) electrons. The monoisotopic (exact) mass is 258 g/mol. The Kier molecular flexibility index (Phi) is 4.31. The molecule has 2 aromatic rings. The van der Waals surface area contributed by atoms with Crippen LogP contribution < -0.4 is 0 Å². The molecular formula is C15H14O2S. The minimum atomic E-state index is -0.299. The molecule has 0 saturated heterocycles. The Morgan fingerprint density at radius 3 is 2.72 bits per heavy atom. The Morgan fingerprint density at radius 1 is 1.22 bits per heavy atom. The molecule has 0 saturated carbocycles. The number of rotatable bonds is 4. The first-order valence-corrected chi connectivity index (χ1v) is 6.61. The molecule has 0 N–H and O–H groups in total. The van der Waals surface area contributed by atoms with Crippen molar-refractivity contribution in [1.29, 1.82) is 0 Å². The van der Waals surface area contributed by atoms with Crippen LogP contribution in [-0.4, -0.2) is 12.6 Å². The molecule has 0 unspecified atom stereocenters. The molecule has 0 bridgehead atoms. The summed E-state index contributed by atoms with van der Waals surface area (Å²) >= 11 is 1.65. The van der Waals surface area contributed by atoms with Crippen molar-refractivity contribution >= 4 is 23.4 Å². The summed E-state index contributed by atoms with van der Waals surface area (Å²) in [6.07, 6.45) is 3.25. The molecule has 18 heavy (non-hydrogen) atoms.